The lowest BCUT2D eigenvalue weighted by molar-refractivity contribution is -0.438. The number of aliphatic hydroxyl groups excluding tert-OH is 7. The first-order valence-electron chi connectivity index (χ1n) is 16.3. The lowest BCUT2D eigenvalue weighted by Crippen LogP contribution is -2.63. The van der Waals surface area contributed by atoms with E-state index in [1.165, 1.54) is 6.92 Å². The molecule has 0 aromatic heterocycles. The van der Waals surface area contributed by atoms with Gasteiger partial charge in [0, 0.05) is 32.6 Å². The van der Waals surface area contributed by atoms with Crippen molar-refractivity contribution in [2.45, 2.75) is 126 Å². The van der Waals surface area contributed by atoms with Crippen LogP contribution in [0.2, 0.25) is 0 Å². The van der Waals surface area contributed by atoms with Gasteiger partial charge in [-0.2, -0.15) is 0 Å². The molecule has 3 aliphatic rings. The van der Waals surface area contributed by atoms with Gasteiger partial charge in [-0.25, -0.2) is 0 Å². The minimum absolute atomic E-state index is 0.0932. The predicted octanol–water partition coefficient (Wildman–Crippen LogP) is -3.47. The van der Waals surface area contributed by atoms with Crippen molar-refractivity contribution in [3.8, 4) is 0 Å². The summed E-state index contributed by atoms with van der Waals surface area (Å²) < 4.78 is 21.5. The largest absolute Gasteiger partial charge is 0.396 e. The Morgan fingerprint density at radius 1 is 0.766 bits per heavy atom. The minimum atomic E-state index is -1.82. The Kier molecular flexibility index (Phi) is 15.8. The Balaban J connectivity index is 1.19. The van der Waals surface area contributed by atoms with Crippen molar-refractivity contribution in [1.29, 1.82) is 0 Å². The second-order valence-corrected chi connectivity index (χ2v) is 12.5. The van der Waals surface area contributed by atoms with Crippen LogP contribution in [0.5, 0.6) is 0 Å². The maximum absolute atomic E-state index is 12.4. The molecule has 0 bridgehead atoms. The molecule has 47 heavy (non-hydrogen) atoms. The molecule has 3 fully saturated rings. The van der Waals surface area contributed by atoms with E-state index in [4.69, 9.17) is 18.9 Å². The molecule has 0 spiro atoms. The first-order chi connectivity index (χ1) is 22.3. The van der Waals surface area contributed by atoms with Gasteiger partial charge < -0.3 is 70.4 Å². The van der Waals surface area contributed by atoms with Crippen LogP contribution in [0.1, 0.15) is 64.7 Å². The summed E-state index contributed by atoms with van der Waals surface area (Å²) in [5.41, 5.74) is 0. The second kappa shape index (κ2) is 18.8. The molecule has 11 unspecified atom stereocenters. The number of carbonyl (C=O) groups excluding carboxylic acids is 3. The molecule has 3 rings (SSSR count). The first kappa shape index (κ1) is 39.6. The highest BCUT2D eigenvalue weighted by Gasteiger charge is 2.71. The molecule has 12 atom stereocenters. The summed E-state index contributed by atoms with van der Waals surface area (Å²) in [4.78, 5) is 36.5. The number of aliphatic hydroxyl groups is 8. The molecule has 1 saturated carbocycles. The number of unbranched alkanes of at least 4 members (excludes halogenated alkanes) is 3. The summed E-state index contributed by atoms with van der Waals surface area (Å²) in [5.74, 6) is -4.34. The third-order valence-electron chi connectivity index (χ3n) is 9.01. The van der Waals surface area contributed by atoms with Crippen LogP contribution < -0.4 is 10.6 Å². The van der Waals surface area contributed by atoms with Gasteiger partial charge in [-0.15, -0.1) is 0 Å². The summed E-state index contributed by atoms with van der Waals surface area (Å²) in [6, 6.07) is -0.651. The van der Waals surface area contributed by atoms with Gasteiger partial charge in [0.2, 0.25) is 11.8 Å². The summed E-state index contributed by atoms with van der Waals surface area (Å²) in [6.07, 6.45) is -6.41. The van der Waals surface area contributed by atoms with E-state index in [0.717, 1.165) is 0 Å². The van der Waals surface area contributed by atoms with Crippen LogP contribution in [0, 0.1) is 11.8 Å². The zero-order chi connectivity index (χ0) is 34.7. The number of fused-ring (bicyclic) bond motifs is 1. The number of Topliss-reactive ketones (excluding diaryl/α,β-unsaturated/α-hetero) is 1. The van der Waals surface area contributed by atoms with E-state index < -0.39 is 86.1 Å². The molecule has 0 aromatic rings. The Hall–Kier alpha value is -1.87. The molecule has 2 amide bonds. The van der Waals surface area contributed by atoms with Gasteiger partial charge >= 0.3 is 0 Å². The van der Waals surface area contributed by atoms with Crippen molar-refractivity contribution in [3.05, 3.63) is 0 Å². The second-order valence-electron chi connectivity index (χ2n) is 12.5. The van der Waals surface area contributed by atoms with Gasteiger partial charge in [-0.05, 0) is 51.9 Å². The van der Waals surface area contributed by atoms with Crippen molar-refractivity contribution in [3.63, 3.8) is 0 Å². The summed E-state index contributed by atoms with van der Waals surface area (Å²) in [6.45, 7) is 1.01. The van der Waals surface area contributed by atoms with Crippen molar-refractivity contribution >= 4 is 17.6 Å². The standard InChI is InChI=1S/C30H52N2O15/c1-16(35)18(32-21(37)10-4-7-13-45-29-27(42)26(41)24(39)19(15-34)46-29)8-2-5-11-31-20(36)9-3-6-12-44-28-22-25(40)23(38)17(14-33)30(22,43)47-28/h17-19,22-29,33-34,38-43H,2-15H2,1H3,(H,31,36)(H,32,37)/t17?,18-,19?,22?,23?,24?,25?,26?,27?,28?,29?,30?/m0/s1. The number of ether oxygens (including phenoxy) is 4. The molecule has 10 N–H and O–H groups in total. The highest BCUT2D eigenvalue weighted by atomic mass is 16.8. The van der Waals surface area contributed by atoms with Crippen molar-refractivity contribution < 1.29 is 74.2 Å². The highest BCUT2D eigenvalue weighted by molar-refractivity contribution is 5.87. The van der Waals surface area contributed by atoms with Gasteiger partial charge in [0.15, 0.2) is 24.2 Å². The van der Waals surface area contributed by atoms with Crippen molar-refractivity contribution in [2.24, 2.45) is 11.8 Å². The van der Waals surface area contributed by atoms with Crippen molar-refractivity contribution in [1.82, 2.24) is 10.6 Å². The zero-order valence-corrected chi connectivity index (χ0v) is 26.7. The Morgan fingerprint density at radius 2 is 1.40 bits per heavy atom. The number of nitrogens with one attached hydrogen (secondary N) is 2. The van der Waals surface area contributed by atoms with Crippen LogP contribution in [0.4, 0.5) is 0 Å². The normalized spacial score (nSPS) is 35.5. The molecule has 0 radical (unpaired) electrons. The van der Waals surface area contributed by atoms with E-state index in [1.807, 2.05) is 0 Å². The molecular weight excluding hydrogens is 628 g/mol. The maximum atomic E-state index is 12.4. The zero-order valence-electron chi connectivity index (χ0n) is 26.7. The van der Waals surface area contributed by atoms with Crippen LogP contribution in [0.15, 0.2) is 0 Å². The Labute approximate surface area is 273 Å². The fourth-order valence-electron chi connectivity index (χ4n) is 6.08. The summed E-state index contributed by atoms with van der Waals surface area (Å²) in [5, 5.41) is 84.2. The smallest absolute Gasteiger partial charge is 0.220 e. The fraction of sp³-hybridized carbons (Fsp3) is 0.900. The van der Waals surface area contributed by atoms with E-state index in [0.29, 0.717) is 51.5 Å². The van der Waals surface area contributed by atoms with E-state index in [2.05, 4.69) is 10.6 Å². The van der Waals surface area contributed by atoms with Gasteiger partial charge in [0.05, 0.1) is 43.3 Å². The average molecular weight is 681 g/mol. The van der Waals surface area contributed by atoms with Crippen molar-refractivity contribution in [2.75, 3.05) is 33.0 Å². The van der Waals surface area contributed by atoms with E-state index in [9.17, 15) is 55.2 Å². The summed E-state index contributed by atoms with van der Waals surface area (Å²) >= 11 is 0. The molecule has 17 heteroatoms. The third-order valence-corrected chi connectivity index (χ3v) is 9.01. The van der Waals surface area contributed by atoms with Gasteiger partial charge in [0.25, 0.3) is 0 Å². The lowest BCUT2D eigenvalue weighted by atomic mass is 9.89. The molecule has 2 aliphatic heterocycles. The van der Waals surface area contributed by atoms with Crippen LogP contribution in [0.3, 0.4) is 0 Å². The molecule has 2 heterocycles. The number of ketones is 1. The third kappa shape index (κ3) is 10.3. The number of rotatable bonds is 21. The highest BCUT2D eigenvalue weighted by Crippen LogP contribution is 2.52. The molecule has 1 aliphatic carbocycles. The minimum Gasteiger partial charge on any atom is -0.396 e. The number of hydrogen-bond donors (Lipinski definition) is 10. The predicted molar refractivity (Wildman–Crippen MR) is 159 cm³/mol. The van der Waals surface area contributed by atoms with Gasteiger partial charge in [0.1, 0.15) is 24.4 Å². The van der Waals surface area contributed by atoms with E-state index in [1.54, 1.807) is 0 Å². The number of carbonyl (C=O) groups is 3. The Morgan fingerprint density at radius 3 is 2.02 bits per heavy atom. The molecule has 17 nitrogen and oxygen atoms in total. The summed E-state index contributed by atoms with van der Waals surface area (Å²) in [7, 11) is 0. The monoisotopic (exact) mass is 680 g/mol. The first-order valence-corrected chi connectivity index (χ1v) is 16.3. The lowest BCUT2D eigenvalue weighted by Gasteiger charge is -2.49. The average Bonchev–Trinajstić information content (AvgIpc) is 3.17. The van der Waals surface area contributed by atoms with Crippen LogP contribution in [-0.2, 0) is 33.3 Å². The SMILES string of the molecule is CC(=O)[C@H](CCCCNC(=O)CCCCOC1OC2(O)C(CO)C(O)C(O)C12)NC(=O)CCCCOC1OC(CO)C(O)C(O)C1O. The molecular formula is C30H52N2O15. The molecule has 0 aromatic carbocycles. The molecule has 272 valence electrons. The van der Waals surface area contributed by atoms with E-state index >= 15 is 0 Å². The van der Waals surface area contributed by atoms with Crippen LogP contribution in [-0.4, -0.2) is 152 Å². The van der Waals surface area contributed by atoms with Gasteiger partial charge in [-0.1, -0.05) is 0 Å². The Bertz CT molecular complexity index is 1000. The van der Waals surface area contributed by atoms with Crippen LogP contribution in [0.25, 0.3) is 0 Å². The topological polar surface area (TPSA) is 274 Å². The number of hydrogen-bond acceptors (Lipinski definition) is 15. The quantitative estimate of drug-likeness (QED) is 0.0528. The number of amides is 2. The van der Waals surface area contributed by atoms with Crippen LogP contribution >= 0.6 is 0 Å². The maximum Gasteiger partial charge on any atom is 0.220 e. The van der Waals surface area contributed by atoms with Gasteiger partial charge in [-0.3, -0.25) is 14.4 Å². The molecule has 2 saturated heterocycles. The van der Waals surface area contributed by atoms with E-state index in [-0.39, 0.29) is 43.7 Å². The fourth-order valence-corrected chi connectivity index (χ4v) is 6.08.